The van der Waals surface area contributed by atoms with Crippen molar-refractivity contribution in [1.29, 1.82) is 0 Å². The van der Waals surface area contributed by atoms with Crippen LogP contribution in [0.3, 0.4) is 0 Å². The van der Waals surface area contributed by atoms with Gasteiger partial charge in [0.2, 0.25) is 11.7 Å². The monoisotopic (exact) mass is 366 g/mol. The molecule has 0 spiro atoms. The van der Waals surface area contributed by atoms with E-state index in [2.05, 4.69) is 56.7 Å². The molecule has 0 atom stereocenters. The van der Waals surface area contributed by atoms with Crippen LogP contribution in [0.5, 0.6) is 0 Å². The summed E-state index contributed by atoms with van der Waals surface area (Å²) in [7, 11) is 0. The van der Waals surface area contributed by atoms with Crippen molar-refractivity contribution in [3.05, 3.63) is 44.9 Å². The van der Waals surface area contributed by atoms with Gasteiger partial charge in [-0.05, 0) is 43.9 Å². The van der Waals surface area contributed by atoms with E-state index in [9.17, 15) is 5.21 Å². The van der Waals surface area contributed by atoms with E-state index in [-0.39, 0.29) is 23.9 Å². The average molecular weight is 367 g/mol. The van der Waals surface area contributed by atoms with Gasteiger partial charge in [0.15, 0.2) is 5.69 Å². The lowest BCUT2D eigenvalue weighted by molar-refractivity contribution is 0.305. The number of anilines is 2. The molecule has 114 valence electrons. The molecule has 0 aliphatic heterocycles. The van der Waals surface area contributed by atoms with Gasteiger partial charge in [-0.3, -0.25) is 0 Å². The third-order valence-corrected chi connectivity index (χ3v) is 3.20. The van der Waals surface area contributed by atoms with E-state index < -0.39 is 0 Å². The summed E-state index contributed by atoms with van der Waals surface area (Å²) in [4.78, 5) is 2.64. The van der Waals surface area contributed by atoms with Crippen LogP contribution >= 0.6 is 15.9 Å². The van der Waals surface area contributed by atoms with Crippen molar-refractivity contribution < 1.29 is 9.84 Å². The van der Waals surface area contributed by atoms with Crippen LogP contribution in [0, 0.1) is 0 Å². The molecule has 0 aliphatic carbocycles. The number of halogens is 1. The molecule has 0 radical (unpaired) electrons. The lowest BCUT2D eigenvalue weighted by Crippen LogP contribution is -2.17. The SMILES string of the molecule is [N-]=[N+]=NCCNc1nonc1C(=NO)Nc1ccccc1Br. The standard InChI is InChI=1S/C11H11BrN8O2/c12-7-3-1-2-4-8(7)16-11(17-21)9-10(19-22-18-9)14-5-6-15-20-13/h1-4,21H,5-6H2,(H,14,19)(H,16,17). The molecule has 0 saturated heterocycles. The molecule has 0 fully saturated rings. The molecule has 11 heteroatoms. The summed E-state index contributed by atoms with van der Waals surface area (Å²) in [5.74, 6) is 0.319. The molecule has 2 aromatic rings. The smallest absolute Gasteiger partial charge is 0.203 e. The molecule has 0 unspecified atom stereocenters. The molecule has 10 nitrogen and oxygen atoms in total. The van der Waals surface area contributed by atoms with Gasteiger partial charge in [-0.2, -0.15) is 0 Å². The molecule has 0 bridgehead atoms. The Bertz CT molecular complexity index is 710. The van der Waals surface area contributed by atoms with Crippen LogP contribution in [-0.2, 0) is 0 Å². The third-order valence-electron chi connectivity index (χ3n) is 2.51. The maximum Gasteiger partial charge on any atom is 0.203 e. The first-order valence-electron chi connectivity index (χ1n) is 6.07. The van der Waals surface area contributed by atoms with Gasteiger partial charge in [-0.1, -0.05) is 22.4 Å². The summed E-state index contributed by atoms with van der Waals surface area (Å²) in [5, 5.41) is 28.9. The third kappa shape index (κ3) is 3.87. The number of oxime groups is 1. The van der Waals surface area contributed by atoms with E-state index in [0.717, 1.165) is 4.47 Å². The second kappa shape index (κ2) is 7.86. The summed E-state index contributed by atoms with van der Waals surface area (Å²) in [6.07, 6.45) is 0. The van der Waals surface area contributed by atoms with E-state index in [1.807, 2.05) is 18.2 Å². The number of para-hydroxylation sites is 1. The number of nitrogens with zero attached hydrogens (tertiary/aromatic N) is 6. The van der Waals surface area contributed by atoms with Gasteiger partial charge in [-0.15, -0.1) is 0 Å². The highest BCUT2D eigenvalue weighted by atomic mass is 79.9. The lowest BCUT2D eigenvalue weighted by atomic mass is 10.3. The summed E-state index contributed by atoms with van der Waals surface area (Å²) in [6.45, 7) is 0.561. The van der Waals surface area contributed by atoms with Gasteiger partial charge in [0.25, 0.3) is 0 Å². The summed E-state index contributed by atoms with van der Waals surface area (Å²) >= 11 is 3.37. The molecule has 1 aromatic carbocycles. The highest BCUT2D eigenvalue weighted by Crippen LogP contribution is 2.22. The molecule has 1 aromatic heterocycles. The number of rotatable bonds is 6. The molecule has 0 aliphatic rings. The number of nitrogens with one attached hydrogen (secondary N) is 2. The van der Waals surface area contributed by atoms with Gasteiger partial charge in [0.05, 0.1) is 5.69 Å². The first-order valence-corrected chi connectivity index (χ1v) is 6.87. The second-order valence-electron chi connectivity index (χ2n) is 3.90. The zero-order valence-corrected chi connectivity index (χ0v) is 12.7. The van der Waals surface area contributed by atoms with Crippen molar-refractivity contribution in [3.63, 3.8) is 0 Å². The van der Waals surface area contributed by atoms with Gasteiger partial charge in [-0.25, -0.2) is 4.63 Å². The molecule has 2 rings (SSSR count). The maximum atomic E-state index is 9.19. The molecule has 0 saturated carbocycles. The molecule has 3 N–H and O–H groups in total. The number of azide groups is 1. The quantitative estimate of drug-likeness (QED) is 0.105. The summed E-state index contributed by atoms with van der Waals surface area (Å²) < 4.78 is 5.43. The fourth-order valence-corrected chi connectivity index (χ4v) is 1.93. The van der Waals surface area contributed by atoms with Crippen molar-refractivity contribution in [1.82, 2.24) is 10.3 Å². The average Bonchev–Trinajstić information content (AvgIpc) is 2.99. The predicted octanol–water partition coefficient (Wildman–Crippen LogP) is 2.80. The number of benzene rings is 1. The molecular formula is C11H11BrN8O2. The summed E-state index contributed by atoms with van der Waals surface area (Å²) in [5.41, 5.74) is 9.08. The van der Waals surface area contributed by atoms with Crippen LogP contribution in [-0.4, -0.2) is 34.4 Å². The first kappa shape index (κ1) is 15.6. The fourth-order valence-electron chi connectivity index (χ4n) is 1.55. The van der Waals surface area contributed by atoms with Crippen molar-refractivity contribution in [2.45, 2.75) is 0 Å². The second-order valence-corrected chi connectivity index (χ2v) is 4.75. The summed E-state index contributed by atoms with van der Waals surface area (Å²) in [6, 6.07) is 7.29. The Kier molecular flexibility index (Phi) is 5.57. The van der Waals surface area contributed by atoms with Gasteiger partial charge in [0.1, 0.15) is 0 Å². The minimum atomic E-state index is 0.0550. The first-order chi connectivity index (χ1) is 10.8. The zero-order chi connectivity index (χ0) is 15.8. The molecule has 1 heterocycles. The highest BCUT2D eigenvalue weighted by molar-refractivity contribution is 9.10. The van der Waals surface area contributed by atoms with E-state index in [1.54, 1.807) is 6.07 Å². The lowest BCUT2D eigenvalue weighted by Gasteiger charge is -2.08. The zero-order valence-electron chi connectivity index (χ0n) is 11.1. The van der Waals surface area contributed by atoms with Gasteiger partial charge in [0, 0.05) is 22.5 Å². The Hall–Kier alpha value is -2.78. The minimum Gasteiger partial charge on any atom is -0.409 e. The van der Waals surface area contributed by atoms with Crippen LogP contribution in [0.1, 0.15) is 5.69 Å². The maximum absolute atomic E-state index is 9.19. The van der Waals surface area contributed by atoms with Crippen LogP contribution < -0.4 is 10.6 Å². The van der Waals surface area contributed by atoms with Crippen LogP contribution in [0.25, 0.3) is 10.4 Å². The van der Waals surface area contributed by atoms with Crippen LogP contribution in [0.4, 0.5) is 11.5 Å². The van der Waals surface area contributed by atoms with Crippen molar-refractivity contribution >= 4 is 33.3 Å². The number of aromatic nitrogens is 2. The van der Waals surface area contributed by atoms with Gasteiger partial charge >= 0.3 is 0 Å². The van der Waals surface area contributed by atoms with Crippen molar-refractivity contribution in [2.75, 3.05) is 23.7 Å². The van der Waals surface area contributed by atoms with Crippen molar-refractivity contribution in [2.24, 2.45) is 10.3 Å². The van der Waals surface area contributed by atoms with E-state index in [0.29, 0.717) is 12.2 Å². The van der Waals surface area contributed by atoms with E-state index in [1.165, 1.54) is 0 Å². The minimum absolute atomic E-state index is 0.0550. The topological polar surface area (TPSA) is 144 Å². The largest absolute Gasteiger partial charge is 0.409 e. The molecular weight excluding hydrogens is 356 g/mol. The number of hydrogen-bond donors (Lipinski definition) is 3. The van der Waals surface area contributed by atoms with Crippen LogP contribution in [0.15, 0.2) is 43.6 Å². The Morgan fingerprint density at radius 3 is 2.95 bits per heavy atom. The Morgan fingerprint density at radius 2 is 2.23 bits per heavy atom. The van der Waals surface area contributed by atoms with Crippen LogP contribution in [0.2, 0.25) is 0 Å². The van der Waals surface area contributed by atoms with E-state index in [4.69, 9.17) is 5.53 Å². The molecule has 22 heavy (non-hydrogen) atoms. The fraction of sp³-hybridized carbons (Fsp3) is 0.182. The Morgan fingerprint density at radius 1 is 1.41 bits per heavy atom. The number of hydrogen-bond acceptors (Lipinski definition) is 7. The normalized spacial score (nSPS) is 10.9. The van der Waals surface area contributed by atoms with Crippen molar-refractivity contribution in [3.8, 4) is 0 Å². The number of amidine groups is 1. The van der Waals surface area contributed by atoms with E-state index >= 15 is 0 Å². The van der Waals surface area contributed by atoms with Gasteiger partial charge < -0.3 is 15.8 Å². The Labute approximate surface area is 132 Å². The molecule has 0 amide bonds. The Balaban J connectivity index is 2.13. The predicted molar refractivity (Wildman–Crippen MR) is 82.9 cm³/mol. The highest BCUT2D eigenvalue weighted by Gasteiger charge is 2.17.